The maximum absolute atomic E-state index is 12.8. The molecular weight excluding hydrogens is 491 g/mol. The predicted octanol–water partition coefficient (Wildman–Crippen LogP) is 5.36. The Hall–Kier alpha value is -2.20. The van der Waals surface area contributed by atoms with Gasteiger partial charge in [-0.15, -0.1) is 0 Å². The molecule has 204 valence electrons. The molecule has 2 aromatic carbocycles. The number of thioether (sulfide) groups is 1. The summed E-state index contributed by atoms with van der Waals surface area (Å²) in [5, 5.41) is 14.9. The van der Waals surface area contributed by atoms with E-state index in [2.05, 4.69) is 17.6 Å². The van der Waals surface area contributed by atoms with Crippen molar-refractivity contribution in [1.29, 1.82) is 0 Å². The van der Waals surface area contributed by atoms with Crippen LogP contribution in [0.3, 0.4) is 0 Å². The van der Waals surface area contributed by atoms with E-state index < -0.39 is 12.0 Å². The molecular formula is C30H43LiN2O4S. The molecule has 0 radical (unpaired) electrons. The van der Waals surface area contributed by atoms with Crippen LogP contribution >= 0.6 is 11.8 Å². The number of nitrogens with one attached hydrogen (secondary N) is 2. The fraction of sp³-hybridized carbons (Fsp3) is 0.500. The first-order valence-electron chi connectivity index (χ1n) is 13.3. The third-order valence-corrected chi connectivity index (χ3v) is 7.44. The van der Waals surface area contributed by atoms with E-state index in [0.29, 0.717) is 23.8 Å². The van der Waals surface area contributed by atoms with Crippen molar-refractivity contribution in [2.24, 2.45) is 0 Å². The molecule has 2 amide bonds. The summed E-state index contributed by atoms with van der Waals surface area (Å²) >= 11 is 1.56. The van der Waals surface area contributed by atoms with Crippen LogP contribution in [0.15, 0.2) is 42.5 Å². The first-order valence-corrected chi connectivity index (χ1v) is 14.7. The molecule has 3 N–H and O–H groups in total. The number of carboxylic acid groups (broad SMARTS) is 1. The molecule has 0 aromatic heterocycles. The third kappa shape index (κ3) is 11.3. The van der Waals surface area contributed by atoms with Gasteiger partial charge in [-0.1, -0.05) is 75.4 Å². The van der Waals surface area contributed by atoms with Gasteiger partial charge in [0.1, 0.15) is 6.04 Å². The number of carbonyl (C=O) groups excluding carboxylic acids is 2. The van der Waals surface area contributed by atoms with Gasteiger partial charge >= 0.3 is 24.8 Å². The third-order valence-electron chi connectivity index (χ3n) is 6.80. The van der Waals surface area contributed by atoms with Crippen LogP contribution in [0.2, 0.25) is 0 Å². The van der Waals surface area contributed by atoms with Crippen molar-refractivity contribution in [1.82, 2.24) is 10.6 Å². The minimum absolute atomic E-state index is 0. The molecule has 1 saturated carbocycles. The summed E-state index contributed by atoms with van der Waals surface area (Å²) in [5.41, 5.74) is 4.55. The second kappa shape index (κ2) is 19.0. The van der Waals surface area contributed by atoms with E-state index in [1.807, 2.05) is 49.6 Å². The Balaban J connectivity index is 0.000000505. The van der Waals surface area contributed by atoms with Gasteiger partial charge in [-0.25, -0.2) is 4.79 Å². The molecule has 1 unspecified atom stereocenters. The van der Waals surface area contributed by atoms with Crippen LogP contribution in [-0.2, 0) is 16.0 Å². The SMILES string of the molecule is CCc1ccc(C(=O)NC(CCSC)C(=O)O)c(-c2ccccc2C)c1.O=CNC1CCCCCCC1.[LiH]. The van der Waals surface area contributed by atoms with Gasteiger partial charge < -0.3 is 15.7 Å². The Bertz CT molecular complexity index is 1010. The summed E-state index contributed by atoms with van der Waals surface area (Å²) < 4.78 is 0. The van der Waals surface area contributed by atoms with Crippen molar-refractivity contribution in [2.45, 2.75) is 83.7 Å². The van der Waals surface area contributed by atoms with Gasteiger partial charge in [0.15, 0.2) is 0 Å². The molecule has 6 nitrogen and oxygen atoms in total. The normalized spacial score (nSPS) is 14.4. The molecule has 0 bridgehead atoms. The van der Waals surface area contributed by atoms with Gasteiger partial charge in [-0.05, 0) is 72.9 Å². The van der Waals surface area contributed by atoms with Crippen molar-refractivity contribution in [3.63, 3.8) is 0 Å². The Morgan fingerprint density at radius 1 is 1.05 bits per heavy atom. The molecule has 0 heterocycles. The van der Waals surface area contributed by atoms with Gasteiger partial charge in [0.25, 0.3) is 5.91 Å². The van der Waals surface area contributed by atoms with Crippen LogP contribution < -0.4 is 10.6 Å². The maximum atomic E-state index is 12.8. The summed E-state index contributed by atoms with van der Waals surface area (Å²) in [6, 6.07) is 13.2. The molecule has 38 heavy (non-hydrogen) atoms. The summed E-state index contributed by atoms with van der Waals surface area (Å²) in [7, 11) is 0. The Labute approximate surface area is 244 Å². The molecule has 1 aliphatic carbocycles. The zero-order valence-electron chi connectivity index (χ0n) is 22.4. The van der Waals surface area contributed by atoms with Crippen LogP contribution in [0, 0.1) is 6.92 Å². The molecule has 0 aliphatic heterocycles. The molecule has 0 spiro atoms. The van der Waals surface area contributed by atoms with Crippen LogP contribution in [-0.4, -0.2) is 66.3 Å². The first-order chi connectivity index (χ1) is 17.9. The van der Waals surface area contributed by atoms with Gasteiger partial charge in [0.2, 0.25) is 6.41 Å². The van der Waals surface area contributed by atoms with Gasteiger partial charge in [-0.3, -0.25) is 9.59 Å². The van der Waals surface area contributed by atoms with E-state index in [1.165, 1.54) is 44.9 Å². The van der Waals surface area contributed by atoms with Crippen molar-refractivity contribution in [3.05, 3.63) is 59.2 Å². The Kier molecular flexibility index (Phi) is 16.9. The number of amides is 2. The van der Waals surface area contributed by atoms with Crippen molar-refractivity contribution in [3.8, 4) is 11.1 Å². The monoisotopic (exact) mass is 534 g/mol. The Morgan fingerprint density at radius 3 is 2.29 bits per heavy atom. The topological polar surface area (TPSA) is 95.5 Å². The second-order valence-electron chi connectivity index (χ2n) is 9.52. The van der Waals surface area contributed by atoms with Crippen LogP contribution in [0.4, 0.5) is 0 Å². The zero-order chi connectivity index (χ0) is 27.0. The fourth-order valence-corrected chi connectivity index (χ4v) is 5.03. The molecule has 1 fully saturated rings. The zero-order valence-corrected chi connectivity index (χ0v) is 23.2. The van der Waals surface area contributed by atoms with E-state index in [1.54, 1.807) is 17.8 Å². The van der Waals surface area contributed by atoms with Crippen LogP contribution in [0.25, 0.3) is 11.1 Å². The molecule has 0 saturated heterocycles. The number of rotatable bonds is 10. The number of carboxylic acids is 1. The number of aryl methyl sites for hydroxylation is 2. The fourth-order valence-electron chi connectivity index (χ4n) is 4.56. The number of hydrogen-bond acceptors (Lipinski definition) is 4. The summed E-state index contributed by atoms with van der Waals surface area (Å²) in [6.07, 6.45) is 13.0. The first kappa shape index (κ1) is 33.8. The van der Waals surface area contributed by atoms with E-state index in [0.717, 1.165) is 35.1 Å². The quantitative estimate of drug-likeness (QED) is 0.282. The van der Waals surface area contributed by atoms with Crippen molar-refractivity contribution < 1.29 is 19.5 Å². The van der Waals surface area contributed by atoms with Crippen molar-refractivity contribution in [2.75, 3.05) is 12.0 Å². The van der Waals surface area contributed by atoms with Gasteiger partial charge in [0.05, 0.1) is 0 Å². The molecule has 2 aromatic rings. The van der Waals surface area contributed by atoms with Crippen LogP contribution in [0.1, 0.15) is 79.8 Å². The van der Waals surface area contributed by atoms with Gasteiger partial charge in [-0.2, -0.15) is 11.8 Å². The van der Waals surface area contributed by atoms with E-state index >= 15 is 0 Å². The minimum atomic E-state index is -1.00. The average molecular weight is 535 g/mol. The van der Waals surface area contributed by atoms with Crippen LogP contribution in [0.5, 0.6) is 0 Å². The molecule has 8 heteroatoms. The van der Waals surface area contributed by atoms with Gasteiger partial charge in [0, 0.05) is 11.6 Å². The second-order valence-corrected chi connectivity index (χ2v) is 10.5. The molecule has 1 aliphatic rings. The predicted molar refractivity (Wildman–Crippen MR) is 160 cm³/mol. The standard InChI is InChI=1S/C21H25NO3S.C9H17NO.Li.H/c1-4-15-9-10-17(18(13-15)16-8-6-5-7-14(16)2)20(23)22-19(21(24)25)11-12-26-3;11-8-10-9-6-4-2-1-3-5-7-9;;/h5-10,13,19H,4,11-12H2,1-3H3,(H,22,23)(H,24,25);8-9H,1-7H2,(H,10,11);;. The van der Waals surface area contributed by atoms with Crippen molar-refractivity contribution >= 4 is 48.9 Å². The summed E-state index contributed by atoms with van der Waals surface area (Å²) in [4.78, 5) is 34.5. The number of carbonyl (C=O) groups is 3. The Morgan fingerprint density at radius 2 is 1.71 bits per heavy atom. The number of benzene rings is 2. The van der Waals surface area contributed by atoms with E-state index in [4.69, 9.17) is 0 Å². The molecule has 3 rings (SSSR count). The average Bonchev–Trinajstić information content (AvgIpc) is 2.88. The van der Waals surface area contributed by atoms with E-state index in [-0.39, 0.29) is 24.8 Å². The summed E-state index contributed by atoms with van der Waals surface area (Å²) in [6.45, 7) is 4.08. The van der Waals surface area contributed by atoms with E-state index in [9.17, 15) is 19.5 Å². The number of aliphatic carboxylic acids is 1. The molecule has 1 atom stereocenters. The number of hydrogen-bond donors (Lipinski definition) is 3. The summed E-state index contributed by atoms with van der Waals surface area (Å²) in [5.74, 6) is -0.675.